The van der Waals surface area contributed by atoms with Gasteiger partial charge in [0.1, 0.15) is 11.4 Å². The summed E-state index contributed by atoms with van der Waals surface area (Å²) in [5.41, 5.74) is 3.05. The second-order valence-corrected chi connectivity index (χ2v) is 4.65. The molecule has 0 saturated heterocycles. The van der Waals surface area contributed by atoms with Crippen LogP contribution in [-0.4, -0.2) is 34.4 Å². The second-order valence-electron chi connectivity index (χ2n) is 4.26. The van der Waals surface area contributed by atoms with Gasteiger partial charge in [-0.15, -0.1) is 0 Å². The summed E-state index contributed by atoms with van der Waals surface area (Å²) in [5, 5.41) is 18.6. The Morgan fingerprint density at radius 1 is 1.40 bits per heavy atom. The first-order valence-electron chi connectivity index (χ1n) is 6.32. The van der Waals surface area contributed by atoms with Crippen LogP contribution < -0.4 is 5.32 Å². The molecule has 0 unspecified atom stereocenters. The van der Waals surface area contributed by atoms with E-state index in [0.29, 0.717) is 10.7 Å². The van der Waals surface area contributed by atoms with E-state index >= 15 is 0 Å². The Labute approximate surface area is 121 Å². The summed E-state index contributed by atoms with van der Waals surface area (Å²) >= 11 is 5.87. The molecule has 0 radical (unpaired) electrons. The van der Waals surface area contributed by atoms with Gasteiger partial charge in [-0.3, -0.25) is 4.98 Å². The number of rotatable bonds is 6. The molecule has 20 heavy (non-hydrogen) atoms. The van der Waals surface area contributed by atoms with E-state index < -0.39 is 0 Å². The van der Waals surface area contributed by atoms with Crippen molar-refractivity contribution >= 4 is 34.4 Å². The Kier molecular flexibility index (Phi) is 5.17. The molecule has 104 valence electrons. The Morgan fingerprint density at radius 3 is 3.00 bits per heavy atom. The van der Waals surface area contributed by atoms with E-state index in [1.54, 1.807) is 12.3 Å². The first-order chi connectivity index (χ1) is 9.74. The minimum atomic E-state index is 0.171. The lowest BCUT2D eigenvalue weighted by atomic mass is 10.1. The number of aliphatic hydroxyl groups is 1. The molecule has 0 aromatic carbocycles. The number of quaternary nitrogens is 1. The zero-order valence-corrected chi connectivity index (χ0v) is 11.6. The SMILES string of the molecule is N=CC(=C[NH2+]CCCO)c1cnc2ccc(Cl)nc2c1. The molecule has 2 rings (SSSR count). The van der Waals surface area contributed by atoms with Crippen molar-refractivity contribution in [2.45, 2.75) is 6.42 Å². The van der Waals surface area contributed by atoms with E-state index in [4.69, 9.17) is 22.1 Å². The van der Waals surface area contributed by atoms with Gasteiger partial charge in [-0.1, -0.05) is 11.6 Å². The topological polar surface area (TPSA) is 86.5 Å². The predicted molar refractivity (Wildman–Crippen MR) is 79.8 cm³/mol. The highest BCUT2D eigenvalue weighted by Crippen LogP contribution is 2.18. The summed E-state index contributed by atoms with van der Waals surface area (Å²) in [5.74, 6) is 0. The predicted octanol–water partition coefficient (Wildman–Crippen LogP) is 1.22. The molecule has 0 bridgehead atoms. The Balaban J connectivity index is 2.27. The number of fused-ring (bicyclic) bond motifs is 1. The number of aromatic nitrogens is 2. The number of pyridine rings is 2. The highest BCUT2D eigenvalue weighted by atomic mass is 35.5. The van der Waals surface area contributed by atoms with Crippen molar-refractivity contribution < 1.29 is 10.4 Å². The van der Waals surface area contributed by atoms with Gasteiger partial charge in [0.2, 0.25) is 0 Å². The number of aliphatic hydroxyl groups excluding tert-OH is 1. The summed E-state index contributed by atoms with van der Waals surface area (Å²) < 4.78 is 0. The number of hydrogen-bond donors (Lipinski definition) is 3. The van der Waals surface area contributed by atoms with E-state index in [1.165, 1.54) is 6.21 Å². The third-order valence-corrected chi connectivity index (χ3v) is 3.03. The first-order valence-corrected chi connectivity index (χ1v) is 6.70. The average Bonchev–Trinajstić information content (AvgIpc) is 2.46. The molecular weight excluding hydrogens is 276 g/mol. The van der Waals surface area contributed by atoms with Crippen LogP contribution in [0.25, 0.3) is 16.6 Å². The van der Waals surface area contributed by atoms with Gasteiger partial charge < -0.3 is 15.8 Å². The van der Waals surface area contributed by atoms with Gasteiger partial charge in [0, 0.05) is 31.0 Å². The van der Waals surface area contributed by atoms with Crippen molar-refractivity contribution in [1.82, 2.24) is 9.97 Å². The molecule has 6 heteroatoms. The lowest BCUT2D eigenvalue weighted by Crippen LogP contribution is -2.78. The number of nitrogens with one attached hydrogen (secondary N) is 1. The van der Waals surface area contributed by atoms with Crippen molar-refractivity contribution in [3.05, 3.63) is 41.3 Å². The fourth-order valence-electron chi connectivity index (χ4n) is 1.79. The van der Waals surface area contributed by atoms with Crippen molar-refractivity contribution in [2.24, 2.45) is 0 Å². The summed E-state index contributed by atoms with van der Waals surface area (Å²) in [4.78, 5) is 8.54. The maximum Gasteiger partial charge on any atom is 0.129 e. The van der Waals surface area contributed by atoms with Crippen LogP contribution in [0.1, 0.15) is 12.0 Å². The van der Waals surface area contributed by atoms with Gasteiger partial charge in [0.15, 0.2) is 0 Å². The van der Waals surface area contributed by atoms with Crippen LogP contribution in [0.3, 0.4) is 0 Å². The van der Waals surface area contributed by atoms with Crippen LogP contribution in [0.15, 0.2) is 30.6 Å². The zero-order chi connectivity index (χ0) is 14.4. The summed E-state index contributed by atoms with van der Waals surface area (Å²) in [7, 11) is 0. The molecule has 0 fully saturated rings. The van der Waals surface area contributed by atoms with Crippen molar-refractivity contribution in [1.29, 1.82) is 5.41 Å². The van der Waals surface area contributed by atoms with Crippen LogP contribution in [0, 0.1) is 5.41 Å². The molecule has 0 aliphatic rings. The van der Waals surface area contributed by atoms with Crippen LogP contribution in [0.4, 0.5) is 0 Å². The van der Waals surface area contributed by atoms with Gasteiger partial charge in [-0.05, 0) is 18.2 Å². The van der Waals surface area contributed by atoms with E-state index in [9.17, 15) is 0 Å². The van der Waals surface area contributed by atoms with Gasteiger partial charge in [-0.2, -0.15) is 0 Å². The summed E-state index contributed by atoms with van der Waals surface area (Å²) in [6.07, 6.45) is 5.57. The molecule has 0 aliphatic heterocycles. The van der Waals surface area contributed by atoms with Crippen LogP contribution in [0.2, 0.25) is 5.15 Å². The zero-order valence-electron chi connectivity index (χ0n) is 10.9. The smallest absolute Gasteiger partial charge is 0.129 e. The molecule has 5 nitrogen and oxygen atoms in total. The number of hydrogen-bond acceptors (Lipinski definition) is 4. The summed E-state index contributed by atoms with van der Waals surface area (Å²) in [6.45, 7) is 0.948. The Hall–Kier alpha value is -1.82. The minimum absolute atomic E-state index is 0.171. The maximum absolute atomic E-state index is 8.73. The largest absolute Gasteiger partial charge is 0.396 e. The van der Waals surface area contributed by atoms with Crippen molar-refractivity contribution in [3.8, 4) is 0 Å². The highest BCUT2D eigenvalue weighted by molar-refractivity contribution is 6.29. The minimum Gasteiger partial charge on any atom is -0.396 e. The average molecular weight is 292 g/mol. The number of allylic oxidation sites excluding steroid dienone is 1. The molecule has 0 aliphatic carbocycles. The molecule has 0 spiro atoms. The Morgan fingerprint density at radius 2 is 2.25 bits per heavy atom. The lowest BCUT2D eigenvalue weighted by Gasteiger charge is -2.03. The normalized spacial score (nSPS) is 11.8. The van der Waals surface area contributed by atoms with E-state index in [0.717, 1.165) is 29.6 Å². The molecular formula is C14H16ClN4O+. The van der Waals surface area contributed by atoms with Crippen LogP contribution in [0.5, 0.6) is 0 Å². The van der Waals surface area contributed by atoms with E-state index in [1.807, 2.05) is 23.6 Å². The fourth-order valence-corrected chi connectivity index (χ4v) is 1.94. The molecule has 4 N–H and O–H groups in total. The molecule has 2 heterocycles. The van der Waals surface area contributed by atoms with E-state index in [2.05, 4.69) is 9.97 Å². The maximum atomic E-state index is 8.73. The van der Waals surface area contributed by atoms with Gasteiger partial charge >= 0.3 is 0 Å². The number of nitrogens with zero attached hydrogens (tertiary/aromatic N) is 2. The fraction of sp³-hybridized carbons (Fsp3) is 0.214. The number of halogens is 1. The monoisotopic (exact) mass is 291 g/mol. The van der Waals surface area contributed by atoms with Crippen LogP contribution >= 0.6 is 11.6 Å². The molecule has 0 saturated carbocycles. The second kappa shape index (κ2) is 7.09. The first kappa shape index (κ1) is 14.6. The highest BCUT2D eigenvalue weighted by Gasteiger charge is 2.05. The molecule has 2 aromatic heterocycles. The van der Waals surface area contributed by atoms with Gasteiger partial charge in [0.05, 0.1) is 23.2 Å². The lowest BCUT2D eigenvalue weighted by molar-refractivity contribution is -0.587. The molecule has 0 amide bonds. The standard InChI is InChI=1S/C14H15ClN4O/c15-14-3-2-12-13(19-14)6-10(9-18-12)11(7-16)8-17-4-1-5-20/h2-3,6-9,16-17,20H,1,4-5H2/p+1. The van der Waals surface area contributed by atoms with Crippen molar-refractivity contribution in [3.63, 3.8) is 0 Å². The van der Waals surface area contributed by atoms with Crippen LogP contribution in [-0.2, 0) is 0 Å². The third kappa shape index (κ3) is 3.60. The Bertz CT molecular complexity index is 642. The quantitative estimate of drug-likeness (QED) is 0.425. The van der Waals surface area contributed by atoms with Gasteiger partial charge in [-0.25, -0.2) is 4.98 Å². The number of nitrogens with two attached hydrogens (primary N) is 1. The van der Waals surface area contributed by atoms with Crippen molar-refractivity contribution in [2.75, 3.05) is 13.2 Å². The molecule has 2 aromatic rings. The molecule has 0 atom stereocenters. The third-order valence-electron chi connectivity index (χ3n) is 2.82. The van der Waals surface area contributed by atoms with Gasteiger partial charge in [0.25, 0.3) is 0 Å². The summed E-state index contributed by atoms with van der Waals surface area (Å²) in [6, 6.07) is 5.38. The van der Waals surface area contributed by atoms with E-state index in [-0.39, 0.29) is 6.61 Å².